The number of hydrogen-bond acceptors (Lipinski definition) is 5. The minimum Gasteiger partial charge on any atom is -0.354 e. The quantitative estimate of drug-likeness (QED) is 0.679. The molecule has 2 aromatic heterocycles. The van der Waals surface area contributed by atoms with Gasteiger partial charge in [0.2, 0.25) is 5.91 Å². The van der Waals surface area contributed by atoms with E-state index in [9.17, 15) is 14.0 Å². The molecule has 2 amide bonds. The van der Waals surface area contributed by atoms with Gasteiger partial charge in [0, 0.05) is 37.2 Å². The van der Waals surface area contributed by atoms with Gasteiger partial charge in [-0.1, -0.05) is 12.8 Å². The lowest BCUT2D eigenvalue weighted by Crippen LogP contribution is -2.38. The number of nitrogens with zero attached hydrogens (tertiary/aromatic N) is 4. The summed E-state index contributed by atoms with van der Waals surface area (Å²) in [6.45, 7) is 2.04. The van der Waals surface area contributed by atoms with Crippen molar-refractivity contribution in [2.45, 2.75) is 38.1 Å². The molecule has 31 heavy (non-hydrogen) atoms. The lowest BCUT2D eigenvalue weighted by atomic mass is 9.91. The number of hydrogen-bond donors (Lipinski definition) is 1. The van der Waals surface area contributed by atoms with Crippen molar-refractivity contribution in [1.82, 2.24) is 20.2 Å². The van der Waals surface area contributed by atoms with E-state index in [0.717, 1.165) is 48.9 Å². The van der Waals surface area contributed by atoms with E-state index >= 15 is 0 Å². The summed E-state index contributed by atoms with van der Waals surface area (Å²) in [5, 5.41) is 4.69. The molecule has 2 aromatic rings. The Morgan fingerprint density at radius 2 is 1.97 bits per heavy atom. The van der Waals surface area contributed by atoms with Crippen LogP contribution in [-0.2, 0) is 4.79 Å². The zero-order chi connectivity index (χ0) is 21.6. The smallest absolute Gasteiger partial charge is 0.272 e. The van der Waals surface area contributed by atoms with Crippen molar-refractivity contribution in [3.05, 3.63) is 58.9 Å². The fourth-order valence-corrected chi connectivity index (χ4v) is 4.10. The zero-order valence-corrected chi connectivity index (χ0v) is 17.3. The fraction of sp³-hybridized carbons (Fsp3) is 0.435. The standard InChI is InChI=1S/C23H26FN5O2/c24-18-4-5-20(27-15-18)23(31)29-11-7-16(8-12-29)3-1-2-9-26-22(30)21-13-17-14-25-10-6-19(17)28-21/h4-6,10,13-16,21H,1-3,7-9,11-12H2,(H,26,30). The van der Waals surface area contributed by atoms with Crippen LogP contribution in [0.3, 0.4) is 0 Å². The molecule has 1 unspecified atom stereocenters. The number of unbranched alkanes of at least 4 members (excludes halogenated alkanes) is 1. The van der Waals surface area contributed by atoms with Gasteiger partial charge in [-0.25, -0.2) is 9.37 Å². The van der Waals surface area contributed by atoms with Crippen molar-refractivity contribution in [3.8, 4) is 0 Å². The Bertz CT molecular complexity index is 1010. The molecule has 2 aliphatic heterocycles. The van der Waals surface area contributed by atoms with Gasteiger partial charge in [-0.2, -0.15) is 0 Å². The van der Waals surface area contributed by atoms with Gasteiger partial charge in [0.15, 0.2) is 0 Å². The molecule has 8 heteroatoms. The Morgan fingerprint density at radius 1 is 1.13 bits per heavy atom. The molecule has 1 N–H and O–H groups in total. The first-order valence-electron chi connectivity index (χ1n) is 10.8. The largest absolute Gasteiger partial charge is 0.354 e. The molecule has 4 rings (SSSR count). The third kappa shape index (κ3) is 5.31. The highest BCUT2D eigenvalue weighted by molar-refractivity contribution is 5.92. The molecular weight excluding hydrogens is 397 g/mol. The van der Waals surface area contributed by atoms with Gasteiger partial charge >= 0.3 is 0 Å². The number of halogens is 1. The second-order valence-corrected chi connectivity index (χ2v) is 8.06. The van der Waals surface area contributed by atoms with E-state index in [4.69, 9.17) is 0 Å². The number of aromatic nitrogens is 2. The number of carbonyl (C=O) groups excluding carboxylic acids is 2. The van der Waals surface area contributed by atoms with Crippen LogP contribution in [0.4, 0.5) is 4.39 Å². The summed E-state index contributed by atoms with van der Waals surface area (Å²) in [6.07, 6.45) is 11.3. The summed E-state index contributed by atoms with van der Waals surface area (Å²) in [6, 6.07) is 4.05. The topological polar surface area (TPSA) is 87.5 Å². The maximum atomic E-state index is 13.0. The van der Waals surface area contributed by atoms with Crippen LogP contribution >= 0.6 is 0 Å². The van der Waals surface area contributed by atoms with Crippen LogP contribution in [0.2, 0.25) is 0 Å². The second-order valence-electron chi connectivity index (χ2n) is 8.06. The molecule has 0 radical (unpaired) electrons. The van der Waals surface area contributed by atoms with Crippen molar-refractivity contribution < 1.29 is 14.0 Å². The lowest BCUT2D eigenvalue weighted by molar-refractivity contribution is -0.121. The average molecular weight is 423 g/mol. The maximum Gasteiger partial charge on any atom is 0.272 e. The summed E-state index contributed by atoms with van der Waals surface area (Å²) in [7, 11) is 0. The Balaban J connectivity index is 1.12. The summed E-state index contributed by atoms with van der Waals surface area (Å²) >= 11 is 0. The number of fused-ring (bicyclic) bond motifs is 1. The summed E-state index contributed by atoms with van der Waals surface area (Å²) in [5.41, 5.74) is 0.293. The van der Waals surface area contributed by atoms with Gasteiger partial charge < -0.3 is 10.2 Å². The number of piperidine rings is 1. The number of carbonyl (C=O) groups is 2. The van der Waals surface area contributed by atoms with E-state index < -0.39 is 11.9 Å². The molecule has 0 aromatic carbocycles. The van der Waals surface area contributed by atoms with Crippen LogP contribution in [0.1, 0.15) is 42.6 Å². The van der Waals surface area contributed by atoms with Gasteiger partial charge in [-0.15, -0.1) is 0 Å². The van der Waals surface area contributed by atoms with Crippen molar-refractivity contribution in [2.24, 2.45) is 10.9 Å². The fourth-order valence-electron chi connectivity index (χ4n) is 4.10. The van der Waals surface area contributed by atoms with Crippen LogP contribution in [-0.4, -0.2) is 52.4 Å². The van der Waals surface area contributed by atoms with Gasteiger partial charge in [0.05, 0.1) is 11.6 Å². The van der Waals surface area contributed by atoms with Crippen molar-refractivity contribution in [3.63, 3.8) is 0 Å². The monoisotopic (exact) mass is 423 g/mol. The molecule has 4 heterocycles. The lowest BCUT2D eigenvalue weighted by Gasteiger charge is -2.31. The highest BCUT2D eigenvalue weighted by Gasteiger charge is 2.24. The highest BCUT2D eigenvalue weighted by atomic mass is 19.1. The van der Waals surface area contributed by atoms with E-state index in [1.54, 1.807) is 17.3 Å². The van der Waals surface area contributed by atoms with Gasteiger partial charge in [0.25, 0.3) is 5.91 Å². The molecule has 0 saturated carbocycles. The number of nitrogens with one attached hydrogen (secondary N) is 1. The molecule has 0 spiro atoms. The van der Waals surface area contributed by atoms with Crippen molar-refractivity contribution >= 4 is 17.9 Å². The summed E-state index contributed by atoms with van der Waals surface area (Å²) in [5.74, 6) is -0.0589. The first-order valence-corrected chi connectivity index (χ1v) is 10.8. The SMILES string of the molecule is O=C(NCCCCC1CCN(C(=O)c2ccc(F)cn2)CC1)C1C=c2cnccc2=N1. The van der Waals surface area contributed by atoms with Gasteiger partial charge in [-0.05, 0) is 49.5 Å². The highest BCUT2D eigenvalue weighted by Crippen LogP contribution is 2.23. The van der Waals surface area contributed by atoms with Crippen LogP contribution in [0, 0.1) is 11.7 Å². The minimum atomic E-state index is -0.461. The van der Waals surface area contributed by atoms with Crippen LogP contribution in [0.25, 0.3) is 6.08 Å². The Hall–Kier alpha value is -3.16. The van der Waals surface area contributed by atoms with Gasteiger partial charge in [-0.3, -0.25) is 19.6 Å². The van der Waals surface area contributed by atoms with Crippen LogP contribution in [0.15, 0.2) is 41.8 Å². The zero-order valence-electron chi connectivity index (χ0n) is 17.3. The predicted octanol–water partition coefficient (Wildman–Crippen LogP) is 1.24. The molecule has 1 fully saturated rings. The number of pyridine rings is 2. The first-order chi connectivity index (χ1) is 15.1. The summed E-state index contributed by atoms with van der Waals surface area (Å²) < 4.78 is 13.0. The maximum absolute atomic E-state index is 13.0. The van der Waals surface area contributed by atoms with Crippen LogP contribution in [0.5, 0.6) is 0 Å². The van der Waals surface area contributed by atoms with E-state index in [1.165, 1.54) is 12.1 Å². The Kier molecular flexibility index (Phi) is 6.64. The molecule has 1 atom stereocenters. The minimum absolute atomic E-state index is 0.0718. The third-order valence-corrected chi connectivity index (χ3v) is 5.90. The van der Waals surface area contributed by atoms with E-state index in [1.807, 2.05) is 12.1 Å². The number of likely N-dealkylation sites (tertiary alicyclic amines) is 1. The normalized spacial score (nSPS) is 18.1. The molecule has 0 aliphatic carbocycles. The Morgan fingerprint density at radius 3 is 2.71 bits per heavy atom. The Labute approximate surface area is 180 Å². The van der Waals surface area contributed by atoms with Crippen molar-refractivity contribution in [2.75, 3.05) is 19.6 Å². The summed E-state index contributed by atoms with van der Waals surface area (Å²) in [4.78, 5) is 38.9. The molecule has 1 saturated heterocycles. The molecule has 7 nitrogen and oxygen atoms in total. The molecular formula is C23H26FN5O2. The predicted molar refractivity (Wildman–Crippen MR) is 113 cm³/mol. The second kappa shape index (κ2) is 9.76. The van der Waals surface area contributed by atoms with Gasteiger partial charge in [0.1, 0.15) is 17.6 Å². The third-order valence-electron chi connectivity index (χ3n) is 5.90. The van der Waals surface area contributed by atoms with Crippen molar-refractivity contribution in [1.29, 1.82) is 0 Å². The van der Waals surface area contributed by atoms with E-state index in [-0.39, 0.29) is 11.8 Å². The van der Waals surface area contributed by atoms with Crippen LogP contribution < -0.4 is 15.9 Å². The number of rotatable bonds is 7. The molecule has 162 valence electrons. The molecule has 0 bridgehead atoms. The average Bonchev–Trinajstić information content (AvgIpc) is 3.24. The molecule has 2 aliphatic rings. The number of amides is 2. The van der Waals surface area contributed by atoms with E-state index in [2.05, 4.69) is 20.3 Å². The first kappa shape index (κ1) is 21.1. The van der Waals surface area contributed by atoms with E-state index in [0.29, 0.717) is 31.2 Å².